The van der Waals surface area contributed by atoms with Crippen molar-refractivity contribution in [3.8, 4) is 0 Å². The Balaban J connectivity index is 1.17. The molecule has 108 heavy (non-hydrogen) atoms. The number of ether oxygens (including phenoxy) is 2. The number of nitrogens with zero attached hydrogens (tertiary/aromatic N) is 10. The van der Waals surface area contributed by atoms with E-state index in [1.807, 2.05) is 106 Å². The summed E-state index contributed by atoms with van der Waals surface area (Å²) in [5, 5.41) is 11.8. The zero-order valence-electron chi connectivity index (χ0n) is 61.2. The van der Waals surface area contributed by atoms with Crippen LogP contribution >= 0.6 is 0 Å². The maximum Gasteiger partial charge on any atom is 0.582 e. The molecule has 4 aromatic carbocycles. The maximum atomic E-state index is 12.2. The Bertz CT molecular complexity index is 4870. The Kier molecular flexibility index (Phi) is 27.4. The summed E-state index contributed by atoms with van der Waals surface area (Å²) < 4.78 is 204. The highest BCUT2D eigenvalue weighted by atomic mass is 32.2. The van der Waals surface area contributed by atoms with Crippen LogP contribution in [0.1, 0.15) is 106 Å². The van der Waals surface area contributed by atoms with Crippen LogP contribution in [0.15, 0.2) is 127 Å². The van der Waals surface area contributed by atoms with Crippen molar-refractivity contribution in [1.29, 1.82) is 0 Å². The molecular weight excluding hydrogens is 1550 g/mol. The molecule has 0 saturated carbocycles. The van der Waals surface area contributed by atoms with Crippen LogP contribution in [-0.2, 0) is 73.1 Å². The van der Waals surface area contributed by atoms with E-state index in [9.17, 15) is 74.8 Å². The van der Waals surface area contributed by atoms with Gasteiger partial charge in [-0.3, -0.25) is 36.0 Å². The van der Waals surface area contributed by atoms with Gasteiger partial charge in [-0.15, -0.1) is 0 Å². The quantitative estimate of drug-likeness (QED) is 0.00909. The lowest BCUT2D eigenvalue weighted by atomic mass is 10.1. The van der Waals surface area contributed by atoms with Gasteiger partial charge in [0.05, 0.1) is 107 Å². The van der Waals surface area contributed by atoms with Crippen LogP contribution < -0.4 is 11.0 Å². The molecule has 2 aromatic heterocycles. The number of carbonyl (C=O) groups is 1. The number of quaternary nitrogens is 2. The fraction of sp³-hybridized carbons (Fsp3) is 0.522. The Hall–Kier alpha value is -6.33. The van der Waals surface area contributed by atoms with Crippen molar-refractivity contribution in [2.45, 2.75) is 122 Å². The third kappa shape index (κ3) is 22.7. The predicted octanol–water partition coefficient (Wildman–Crippen LogP) is 8.08. The lowest BCUT2D eigenvalue weighted by Gasteiger charge is -2.44. The highest BCUT2D eigenvalue weighted by Crippen LogP contribution is 2.46. The predicted molar refractivity (Wildman–Crippen MR) is 419 cm³/mol. The fourth-order valence-electron chi connectivity index (χ4n) is 14.9. The Morgan fingerprint density at radius 1 is 0.380 bits per heavy atom. The van der Waals surface area contributed by atoms with Crippen molar-refractivity contribution < 1.29 is 101 Å². The first kappa shape index (κ1) is 84.1. The third-order valence-electron chi connectivity index (χ3n) is 19.9. The fourth-order valence-corrected chi connectivity index (χ4v) is 30.3. The molecule has 6 bridgehead atoms. The number of carboxylic acids is 1. The maximum absolute atomic E-state index is 12.2. The average molecular weight is 1650 g/mol. The summed E-state index contributed by atoms with van der Waals surface area (Å²) in [6.45, 7) is 11.7. The Labute approximate surface area is 633 Å². The highest BCUT2D eigenvalue weighted by Gasteiger charge is 2.58. The van der Waals surface area contributed by atoms with Crippen molar-refractivity contribution in [3.63, 3.8) is 0 Å². The normalized spacial score (nSPS) is 16.2. The van der Waals surface area contributed by atoms with Gasteiger partial charge in [0.2, 0.25) is 0 Å². The molecule has 0 amide bonds. The number of unbranched alkanes of at least 4 members (excludes halogenated alkanes) is 5. The average Bonchev–Trinajstić information content (AvgIpc) is 1.51. The van der Waals surface area contributed by atoms with Crippen LogP contribution in [0.25, 0.3) is 21.5 Å². The van der Waals surface area contributed by atoms with Gasteiger partial charge in [-0.05, 0) is 115 Å². The molecule has 1 unspecified atom stereocenters. The number of carboxylic acid groups (broad SMARTS) is 1. The highest BCUT2D eigenvalue weighted by molar-refractivity contribution is 7.86. The van der Waals surface area contributed by atoms with Gasteiger partial charge in [0.1, 0.15) is 29.2 Å². The topological polar surface area (TPSA) is 430 Å². The largest absolute Gasteiger partial charge is 0.582 e. The molecule has 6 heterocycles. The molecule has 0 spiro atoms. The number of amidine groups is 4. The molecule has 39 heteroatoms. The molecule has 6 N–H and O–H groups in total. The first-order valence-corrected chi connectivity index (χ1v) is 52.3. The van der Waals surface area contributed by atoms with E-state index >= 15 is 0 Å². The van der Waals surface area contributed by atoms with Crippen LogP contribution in [0, 0.1) is 0 Å². The number of aromatic nitrogens is 2. The van der Waals surface area contributed by atoms with Gasteiger partial charge in [0.15, 0.2) is 40.0 Å². The van der Waals surface area contributed by atoms with Crippen molar-refractivity contribution in [2.24, 2.45) is 30.0 Å². The Morgan fingerprint density at radius 2 is 0.676 bits per heavy atom. The number of aliphatic carboxylic acids is 1. The van der Waals surface area contributed by atoms with Gasteiger partial charge in [-0.1, -0.05) is 97.1 Å². The zero-order valence-corrected chi connectivity index (χ0v) is 68.3. The van der Waals surface area contributed by atoms with Crippen LogP contribution in [0.4, 0.5) is 11.6 Å². The van der Waals surface area contributed by atoms with Crippen molar-refractivity contribution in [1.82, 2.24) is 8.47 Å². The van der Waals surface area contributed by atoms with Crippen molar-refractivity contribution in [2.75, 3.05) is 108 Å². The molecule has 0 aliphatic carbocycles. The summed E-state index contributed by atoms with van der Waals surface area (Å²) in [5.41, 5.74) is 3.61. The third-order valence-corrected chi connectivity index (χ3v) is 35.6. The summed E-state index contributed by atoms with van der Waals surface area (Å²) in [7, 11) is -33.7. The standard InChI is InChI=1S/C69H96N10O21S5Si3/c1-106(2,51-23-39-78(34-13-18-46-101(82,83)84,35-14-19-47-102(85,86)87)36-15-20-48-103(88,89)90)99-108(100-107(3,4)52-24-40-79(37-16-21-49-104(91,92)93,38-17-22-50-105(94,95)96)41-43-98-45-44-97-42-33-61(80)81)76-66-57-29-9-10-30-58(57)68(76)74-64-55-27-7-8-28-56(55)65(71-64)75-69-60-32-12-11-31-59(60)67(77(69)108)73-63-54-26-6-5-25-53(54)62(70-63)72-66/h5-12,25-32H,13-24,33-52H2,1-4H3,(H4-2,80,81,82,83,84,85,86,87,88,89,90,91,92,93,94,95,96)/p+2. The first-order valence-electron chi connectivity index (χ1n) is 36.3. The van der Waals surface area contributed by atoms with E-state index in [0.29, 0.717) is 199 Å². The molecule has 1 atom stereocenters. The van der Waals surface area contributed by atoms with E-state index < -0.39 is 111 Å². The molecular formula is C69H98N10O21S5Si3+2. The van der Waals surface area contributed by atoms with E-state index in [1.165, 1.54) is 0 Å². The van der Waals surface area contributed by atoms with Gasteiger partial charge < -0.3 is 31.8 Å². The second-order valence-corrected chi connectivity index (χ2v) is 48.9. The number of benzene rings is 4. The summed E-state index contributed by atoms with van der Waals surface area (Å²) in [6, 6.07) is 31.8. The monoisotopic (exact) mass is 1650 g/mol. The number of rotatable bonds is 46. The van der Waals surface area contributed by atoms with Gasteiger partial charge >= 0.3 is 14.9 Å². The number of hydrogen-bond acceptors (Lipinski definition) is 21. The number of fused-ring (bicyclic) bond motifs is 14. The Morgan fingerprint density at radius 3 is 1.01 bits per heavy atom. The summed E-state index contributed by atoms with van der Waals surface area (Å²) in [5.74, 6) is -1.37. The lowest BCUT2D eigenvalue weighted by Crippen LogP contribution is -2.70. The first-order chi connectivity index (χ1) is 50.9. The van der Waals surface area contributed by atoms with Crippen LogP contribution in [0.5, 0.6) is 0 Å². The van der Waals surface area contributed by atoms with Crippen molar-refractivity contribution in [3.05, 3.63) is 130 Å². The molecule has 0 fully saturated rings. The summed E-state index contributed by atoms with van der Waals surface area (Å²) in [4.78, 5) is 44.4. The molecule has 0 radical (unpaired) electrons. The van der Waals surface area contributed by atoms with Crippen LogP contribution in [-0.4, -0.2) is 250 Å². The lowest BCUT2D eigenvalue weighted by molar-refractivity contribution is -0.929. The van der Waals surface area contributed by atoms with E-state index in [-0.39, 0.29) is 73.9 Å². The second kappa shape index (κ2) is 35.2. The summed E-state index contributed by atoms with van der Waals surface area (Å²) in [6.07, 6.45) is 2.66. The molecule has 4 aliphatic rings. The second-order valence-electron chi connectivity index (χ2n) is 29.4. The van der Waals surface area contributed by atoms with Crippen molar-refractivity contribution >= 4 is 139 Å². The van der Waals surface area contributed by atoms with Gasteiger partial charge in [-0.2, -0.15) is 42.1 Å². The molecule has 4 aliphatic heterocycles. The minimum atomic E-state index is -4.97. The molecule has 10 rings (SSSR count). The SMILES string of the molecule is C[Si](C)(CCC[N+](CCCCS(=O)(=O)O)(CCCCS(=O)(=O)O)CCCCS(=O)(=O)O)O[Si]1(O[Si](C)(C)CCC[N+](CCCCS(=O)(=O)O)(CCCCS(=O)(=O)O)CCOCCOCCC(=O)O)n2c3c4ccccc4c2N=C2N=C(N=c4c5ccccc5c(n41)=NC1=NC(=N3)c3ccccc31)c1ccccc12. The van der Waals surface area contributed by atoms with E-state index in [4.69, 9.17) is 47.7 Å². The zero-order chi connectivity index (χ0) is 78.0. The van der Waals surface area contributed by atoms with Crippen LogP contribution in [0.2, 0.25) is 38.3 Å². The molecule has 31 nitrogen and oxygen atoms in total. The minimum Gasteiger partial charge on any atom is -0.481 e. The van der Waals surface area contributed by atoms with Gasteiger partial charge in [0, 0.05) is 43.8 Å². The number of hydrogen-bond donors (Lipinski definition) is 6. The molecule has 6 aromatic rings. The van der Waals surface area contributed by atoms with E-state index in [1.54, 1.807) is 0 Å². The molecule has 590 valence electrons. The summed E-state index contributed by atoms with van der Waals surface area (Å²) >= 11 is 0. The number of aliphatic imine (C=N–C) groups is 4. The van der Waals surface area contributed by atoms with Gasteiger partial charge in [0.25, 0.3) is 50.6 Å². The van der Waals surface area contributed by atoms with Crippen LogP contribution in [0.3, 0.4) is 0 Å². The minimum absolute atomic E-state index is 0.0216. The van der Waals surface area contributed by atoms with E-state index in [2.05, 4.69) is 26.2 Å². The smallest absolute Gasteiger partial charge is 0.481 e. The molecule has 0 saturated heterocycles. The van der Waals surface area contributed by atoms with E-state index in [0.717, 1.165) is 0 Å². The van der Waals surface area contributed by atoms with Gasteiger partial charge in [-0.25, -0.2) is 30.0 Å².